The predicted octanol–water partition coefficient (Wildman–Crippen LogP) is 1.79. The van der Waals surface area contributed by atoms with Crippen LogP contribution in [0, 0.1) is 0 Å². The molecule has 0 unspecified atom stereocenters. The molecule has 140 valence electrons. The third-order valence-electron chi connectivity index (χ3n) is 4.78. The summed E-state index contributed by atoms with van der Waals surface area (Å²) in [4.78, 5) is 12.2. The Kier molecular flexibility index (Phi) is 5.88. The zero-order chi connectivity index (χ0) is 18.5. The van der Waals surface area contributed by atoms with Crippen molar-refractivity contribution >= 4 is 5.91 Å². The summed E-state index contributed by atoms with van der Waals surface area (Å²) in [5.41, 5.74) is 0.972. The van der Waals surface area contributed by atoms with E-state index < -0.39 is 0 Å². The molecule has 3 rings (SSSR count). The van der Waals surface area contributed by atoms with Gasteiger partial charge in [-0.1, -0.05) is 12.1 Å². The molecule has 0 spiro atoms. The van der Waals surface area contributed by atoms with E-state index in [1.54, 1.807) is 0 Å². The largest absolute Gasteiger partial charge is 0.494 e. The van der Waals surface area contributed by atoms with Crippen LogP contribution in [0.1, 0.15) is 49.8 Å². The van der Waals surface area contributed by atoms with Gasteiger partial charge in [0.15, 0.2) is 5.82 Å². The fraction of sp³-hybridized carbons (Fsp3) is 0.526. The van der Waals surface area contributed by atoms with Crippen molar-refractivity contribution in [1.29, 1.82) is 0 Å². The molecule has 0 atom stereocenters. The van der Waals surface area contributed by atoms with Crippen LogP contribution < -0.4 is 10.1 Å². The number of aliphatic hydroxyl groups is 1. The Labute approximate surface area is 153 Å². The summed E-state index contributed by atoms with van der Waals surface area (Å²) in [7, 11) is 0. The van der Waals surface area contributed by atoms with Crippen molar-refractivity contribution in [3.8, 4) is 5.75 Å². The number of hydrogen-bond donors (Lipinski definition) is 2. The highest BCUT2D eigenvalue weighted by molar-refractivity contribution is 5.79. The molecule has 1 amide bonds. The number of nitrogens with one attached hydrogen (secondary N) is 1. The van der Waals surface area contributed by atoms with Crippen molar-refractivity contribution in [2.45, 2.75) is 58.2 Å². The molecule has 1 aromatic carbocycles. The molecule has 2 aromatic rings. The topological polar surface area (TPSA) is 89.3 Å². The average Bonchev–Trinajstić information content (AvgIpc) is 3.02. The van der Waals surface area contributed by atoms with Crippen LogP contribution in [-0.4, -0.2) is 38.4 Å². The molecule has 1 aliphatic rings. The first kappa shape index (κ1) is 18.4. The normalized spacial score (nSPS) is 19.0. The zero-order valence-electron chi connectivity index (χ0n) is 15.3. The lowest BCUT2D eigenvalue weighted by Crippen LogP contribution is -2.44. The minimum atomic E-state index is -0.101. The van der Waals surface area contributed by atoms with Gasteiger partial charge in [-0.05, 0) is 44.4 Å². The number of hydrogen-bond acceptors (Lipinski definition) is 5. The van der Waals surface area contributed by atoms with Crippen LogP contribution >= 0.6 is 0 Å². The lowest BCUT2D eigenvalue weighted by atomic mass is 9.79. The molecule has 0 saturated heterocycles. The number of carbonyl (C=O) groups excluding carboxylic acids is 1. The van der Waals surface area contributed by atoms with E-state index in [4.69, 9.17) is 4.74 Å². The van der Waals surface area contributed by atoms with E-state index in [2.05, 4.69) is 15.5 Å². The van der Waals surface area contributed by atoms with Gasteiger partial charge in [-0.3, -0.25) is 4.79 Å². The van der Waals surface area contributed by atoms with Crippen LogP contribution in [0.15, 0.2) is 24.3 Å². The molecule has 2 N–H and O–H groups in total. The molecule has 7 nitrogen and oxygen atoms in total. The Morgan fingerprint density at radius 1 is 1.27 bits per heavy atom. The Hall–Kier alpha value is -2.41. The highest BCUT2D eigenvalue weighted by atomic mass is 16.5. The van der Waals surface area contributed by atoms with Crippen molar-refractivity contribution in [2.75, 3.05) is 6.61 Å². The lowest BCUT2D eigenvalue weighted by Gasteiger charge is -2.35. The lowest BCUT2D eigenvalue weighted by molar-refractivity contribution is -0.121. The number of aromatic nitrogens is 3. The molecule has 26 heavy (non-hydrogen) atoms. The number of nitrogens with zero attached hydrogens (tertiary/aromatic N) is 3. The fourth-order valence-electron chi connectivity index (χ4n) is 3.39. The van der Waals surface area contributed by atoms with E-state index in [1.807, 2.05) is 42.7 Å². The number of amides is 1. The van der Waals surface area contributed by atoms with E-state index >= 15 is 0 Å². The number of rotatable bonds is 8. The van der Waals surface area contributed by atoms with Gasteiger partial charge in [0.1, 0.15) is 18.2 Å². The molecule has 7 heteroatoms. The van der Waals surface area contributed by atoms with Crippen LogP contribution in [-0.2, 0) is 24.4 Å². The average molecular weight is 358 g/mol. The minimum absolute atomic E-state index is 0.0330. The summed E-state index contributed by atoms with van der Waals surface area (Å²) >= 11 is 0. The summed E-state index contributed by atoms with van der Waals surface area (Å²) in [6.07, 6.45) is 2.09. The fourth-order valence-corrected chi connectivity index (χ4v) is 3.39. The van der Waals surface area contributed by atoms with Crippen molar-refractivity contribution in [3.05, 3.63) is 41.5 Å². The molecule has 0 aliphatic heterocycles. The van der Waals surface area contributed by atoms with Crippen molar-refractivity contribution in [2.24, 2.45) is 0 Å². The maximum absolute atomic E-state index is 12.2. The molecular formula is C19H26N4O3. The summed E-state index contributed by atoms with van der Waals surface area (Å²) in [5, 5.41) is 20.6. The maximum atomic E-state index is 12.2. The first-order valence-corrected chi connectivity index (χ1v) is 9.18. The van der Waals surface area contributed by atoms with Crippen LogP contribution in [0.4, 0.5) is 0 Å². The van der Waals surface area contributed by atoms with Crippen LogP contribution in [0.3, 0.4) is 0 Å². The first-order chi connectivity index (χ1) is 12.6. The molecule has 1 aliphatic carbocycles. The second-order valence-electron chi connectivity index (χ2n) is 6.56. The Balaban J connectivity index is 1.48. The van der Waals surface area contributed by atoms with Crippen molar-refractivity contribution in [1.82, 2.24) is 20.1 Å². The van der Waals surface area contributed by atoms with Crippen LogP contribution in [0.2, 0.25) is 0 Å². The first-order valence-electron chi connectivity index (χ1n) is 9.18. The number of carbonyl (C=O) groups is 1. The smallest absolute Gasteiger partial charge is 0.224 e. The van der Waals surface area contributed by atoms with Gasteiger partial charge in [-0.25, -0.2) is 0 Å². The molecule has 1 fully saturated rings. The van der Waals surface area contributed by atoms with Crippen LogP contribution in [0.5, 0.6) is 5.75 Å². The van der Waals surface area contributed by atoms with Gasteiger partial charge in [0, 0.05) is 18.5 Å². The van der Waals surface area contributed by atoms with Gasteiger partial charge < -0.3 is 19.7 Å². The van der Waals surface area contributed by atoms with E-state index in [1.165, 1.54) is 0 Å². The third-order valence-corrected chi connectivity index (χ3v) is 4.78. The van der Waals surface area contributed by atoms with Gasteiger partial charge in [-0.2, -0.15) is 0 Å². The maximum Gasteiger partial charge on any atom is 0.224 e. The molecule has 1 aromatic heterocycles. The summed E-state index contributed by atoms with van der Waals surface area (Å²) < 4.78 is 7.37. The number of benzene rings is 1. The molecular weight excluding hydrogens is 332 g/mol. The van der Waals surface area contributed by atoms with Gasteiger partial charge >= 0.3 is 0 Å². The number of ether oxygens (including phenoxy) is 1. The highest BCUT2D eigenvalue weighted by Gasteiger charge is 2.35. The van der Waals surface area contributed by atoms with Crippen molar-refractivity contribution in [3.63, 3.8) is 0 Å². The van der Waals surface area contributed by atoms with Gasteiger partial charge in [-0.15, -0.1) is 10.2 Å². The Morgan fingerprint density at radius 3 is 2.62 bits per heavy atom. The van der Waals surface area contributed by atoms with Crippen LogP contribution in [0.25, 0.3) is 0 Å². The summed E-state index contributed by atoms with van der Waals surface area (Å²) in [6.45, 7) is 5.23. The second kappa shape index (κ2) is 8.31. The Bertz CT molecular complexity index is 736. The monoisotopic (exact) mass is 358 g/mol. The molecule has 0 radical (unpaired) electrons. The van der Waals surface area contributed by atoms with Gasteiger partial charge in [0.25, 0.3) is 0 Å². The van der Waals surface area contributed by atoms with Crippen molar-refractivity contribution < 1.29 is 14.6 Å². The standard InChI is InChI=1S/C19H26N4O3/c1-3-23-17(12-24)21-22-19(23)14-10-15(11-14)20-18(25)9-13-5-7-16(8-6-13)26-4-2/h5-8,14-15,24H,3-4,9-12H2,1-2H3,(H,20,25). The van der Waals surface area contributed by atoms with Gasteiger partial charge in [0.05, 0.1) is 13.0 Å². The molecule has 1 saturated carbocycles. The zero-order valence-corrected chi connectivity index (χ0v) is 15.3. The van der Waals surface area contributed by atoms with E-state index in [0.717, 1.165) is 36.5 Å². The van der Waals surface area contributed by atoms with Gasteiger partial charge in [0.2, 0.25) is 5.91 Å². The quantitative estimate of drug-likeness (QED) is 0.751. The van der Waals surface area contributed by atoms with E-state index in [0.29, 0.717) is 24.8 Å². The third kappa shape index (κ3) is 4.04. The van der Waals surface area contributed by atoms with E-state index in [-0.39, 0.29) is 18.6 Å². The summed E-state index contributed by atoms with van der Waals surface area (Å²) in [5.74, 6) is 2.66. The minimum Gasteiger partial charge on any atom is -0.494 e. The molecule has 0 bridgehead atoms. The Morgan fingerprint density at radius 2 is 2.00 bits per heavy atom. The second-order valence-corrected chi connectivity index (χ2v) is 6.56. The SMILES string of the molecule is CCOc1ccc(CC(=O)NC2CC(c3nnc(CO)n3CC)C2)cc1. The predicted molar refractivity (Wildman–Crippen MR) is 96.8 cm³/mol. The highest BCUT2D eigenvalue weighted by Crippen LogP contribution is 2.36. The molecule has 1 heterocycles. The summed E-state index contributed by atoms with van der Waals surface area (Å²) in [6, 6.07) is 7.81. The number of aliphatic hydroxyl groups excluding tert-OH is 1. The van der Waals surface area contributed by atoms with E-state index in [9.17, 15) is 9.90 Å².